The Kier molecular flexibility index (Phi) is 6.79. The van der Waals surface area contributed by atoms with Crippen LogP contribution in [0.2, 0.25) is 0 Å². The molecule has 0 heterocycles. The van der Waals surface area contributed by atoms with Crippen LogP contribution in [-0.2, 0) is 9.47 Å². The van der Waals surface area contributed by atoms with Crippen LogP contribution in [0.15, 0.2) is 24.3 Å². The fourth-order valence-corrected chi connectivity index (χ4v) is 4.89. The second kappa shape index (κ2) is 9.11. The standard InChI is InChI=1S/C24H34O4/c1-15-7-5-8-16(2)21(15)27-23(25)19-11-13-20(14-12-19)24(26)28-22-17(3)9-6-10-18(22)4/h11-18,21-22H,5-10H2,1-4H3. The summed E-state index contributed by atoms with van der Waals surface area (Å²) in [6, 6.07) is 6.69. The second-order valence-electron chi connectivity index (χ2n) is 9.09. The first-order valence-corrected chi connectivity index (χ1v) is 10.9. The maximum atomic E-state index is 12.5. The van der Waals surface area contributed by atoms with Crippen molar-refractivity contribution in [1.82, 2.24) is 0 Å². The number of carbonyl (C=O) groups excluding carboxylic acids is 2. The fourth-order valence-electron chi connectivity index (χ4n) is 4.89. The van der Waals surface area contributed by atoms with E-state index in [1.54, 1.807) is 24.3 Å². The largest absolute Gasteiger partial charge is 0.458 e. The van der Waals surface area contributed by atoms with Crippen molar-refractivity contribution in [3.05, 3.63) is 35.4 Å². The summed E-state index contributed by atoms with van der Waals surface area (Å²) >= 11 is 0. The molecule has 154 valence electrons. The van der Waals surface area contributed by atoms with E-state index in [9.17, 15) is 9.59 Å². The molecule has 3 rings (SSSR count). The van der Waals surface area contributed by atoms with Crippen molar-refractivity contribution >= 4 is 11.9 Å². The van der Waals surface area contributed by atoms with Crippen molar-refractivity contribution in [2.75, 3.05) is 0 Å². The van der Waals surface area contributed by atoms with Crippen LogP contribution in [0, 0.1) is 23.7 Å². The maximum Gasteiger partial charge on any atom is 0.338 e. The van der Waals surface area contributed by atoms with Crippen LogP contribution in [0.25, 0.3) is 0 Å². The highest BCUT2D eigenvalue weighted by molar-refractivity contribution is 5.93. The number of benzene rings is 1. The van der Waals surface area contributed by atoms with E-state index in [1.807, 2.05) is 0 Å². The van der Waals surface area contributed by atoms with E-state index in [0.717, 1.165) is 25.7 Å². The Hall–Kier alpha value is -1.84. The van der Waals surface area contributed by atoms with Crippen molar-refractivity contribution in [3.63, 3.8) is 0 Å². The van der Waals surface area contributed by atoms with Gasteiger partial charge in [-0.15, -0.1) is 0 Å². The molecule has 2 aliphatic rings. The molecule has 0 saturated heterocycles. The van der Waals surface area contributed by atoms with Crippen LogP contribution in [0.1, 0.15) is 86.9 Å². The maximum absolute atomic E-state index is 12.5. The molecule has 0 bridgehead atoms. The monoisotopic (exact) mass is 386 g/mol. The third-order valence-electron chi connectivity index (χ3n) is 6.72. The lowest BCUT2D eigenvalue weighted by Gasteiger charge is -2.34. The molecule has 1 aromatic carbocycles. The number of rotatable bonds is 4. The van der Waals surface area contributed by atoms with Crippen molar-refractivity contribution in [1.29, 1.82) is 0 Å². The van der Waals surface area contributed by atoms with Crippen LogP contribution < -0.4 is 0 Å². The Morgan fingerprint density at radius 1 is 0.643 bits per heavy atom. The quantitative estimate of drug-likeness (QED) is 0.628. The van der Waals surface area contributed by atoms with Crippen LogP contribution in [-0.4, -0.2) is 24.1 Å². The van der Waals surface area contributed by atoms with Crippen molar-refractivity contribution in [2.45, 2.75) is 78.4 Å². The Balaban J connectivity index is 1.61. The molecule has 0 radical (unpaired) electrons. The van der Waals surface area contributed by atoms with Gasteiger partial charge in [0.15, 0.2) is 0 Å². The highest BCUT2D eigenvalue weighted by Crippen LogP contribution is 2.33. The fraction of sp³-hybridized carbons (Fsp3) is 0.667. The van der Waals surface area contributed by atoms with Gasteiger partial charge in [0.05, 0.1) is 11.1 Å². The lowest BCUT2D eigenvalue weighted by atomic mass is 9.80. The molecule has 4 atom stereocenters. The molecule has 0 aliphatic heterocycles. The molecule has 0 amide bonds. The average molecular weight is 387 g/mol. The summed E-state index contributed by atoms with van der Waals surface area (Å²) in [7, 11) is 0. The van der Waals surface area contributed by atoms with Gasteiger partial charge in [-0.05, 0) is 73.6 Å². The van der Waals surface area contributed by atoms with E-state index in [-0.39, 0.29) is 24.1 Å². The summed E-state index contributed by atoms with van der Waals surface area (Å²) in [5.74, 6) is 0.950. The Bertz CT molecular complexity index is 601. The minimum absolute atomic E-state index is 0.0276. The van der Waals surface area contributed by atoms with Crippen LogP contribution >= 0.6 is 0 Å². The molecule has 2 saturated carbocycles. The highest BCUT2D eigenvalue weighted by atomic mass is 16.5. The van der Waals surface area contributed by atoms with Gasteiger partial charge in [-0.3, -0.25) is 0 Å². The molecule has 0 spiro atoms. The summed E-state index contributed by atoms with van der Waals surface area (Å²) in [4.78, 5) is 25.1. The van der Waals surface area contributed by atoms with Crippen molar-refractivity contribution < 1.29 is 19.1 Å². The van der Waals surface area contributed by atoms with Gasteiger partial charge in [-0.2, -0.15) is 0 Å². The minimum Gasteiger partial charge on any atom is -0.458 e. The van der Waals surface area contributed by atoms with E-state index in [2.05, 4.69) is 27.7 Å². The molecule has 4 unspecified atom stereocenters. The third kappa shape index (κ3) is 4.76. The number of hydrogen-bond donors (Lipinski definition) is 0. The highest BCUT2D eigenvalue weighted by Gasteiger charge is 2.32. The number of hydrogen-bond acceptors (Lipinski definition) is 4. The van der Waals surface area contributed by atoms with Gasteiger partial charge in [0.25, 0.3) is 0 Å². The zero-order valence-corrected chi connectivity index (χ0v) is 17.6. The molecular formula is C24H34O4. The van der Waals surface area contributed by atoms with Gasteiger partial charge in [0.1, 0.15) is 12.2 Å². The number of esters is 2. The zero-order chi connectivity index (χ0) is 20.3. The first-order valence-electron chi connectivity index (χ1n) is 10.9. The summed E-state index contributed by atoms with van der Waals surface area (Å²) in [5.41, 5.74) is 0.974. The molecule has 28 heavy (non-hydrogen) atoms. The van der Waals surface area contributed by atoms with Gasteiger partial charge in [-0.25, -0.2) is 9.59 Å². The zero-order valence-electron chi connectivity index (χ0n) is 17.6. The molecule has 2 fully saturated rings. The van der Waals surface area contributed by atoms with E-state index in [4.69, 9.17) is 9.47 Å². The molecule has 4 nitrogen and oxygen atoms in total. The van der Waals surface area contributed by atoms with Gasteiger partial charge >= 0.3 is 11.9 Å². The number of carbonyl (C=O) groups is 2. The van der Waals surface area contributed by atoms with E-state index in [0.29, 0.717) is 34.8 Å². The summed E-state index contributed by atoms with van der Waals surface area (Å²) in [5, 5.41) is 0. The average Bonchev–Trinajstić information content (AvgIpc) is 2.67. The molecule has 0 N–H and O–H groups in total. The molecule has 4 heteroatoms. The van der Waals surface area contributed by atoms with Gasteiger partial charge in [0, 0.05) is 0 Å². The smallest absolute Gasteiger partial charge is 0.338 e. The van der Waals surface area contributed by atoms with Gasteiger partial charge in [0.2, 0.25) is 0 Å². The second-order valence-corrected chi connectivity index (χ2v) is 9.09. The Labute approximate surface area is 169 Å². The Morgan fingerprint density at radius 2 is 0.929 bits per heavy atom. The first kappa shape index (κ1) is 20.9. The molecule has 1 aromatic rings. The lowest BCUT2D eigenvalue weighted by Crippen LogP contribution is -2.35. The summed E-state index contributed by atoms with van der Waals surface area (Å²) in [6.07, 6.45) is 6.75. The predicted molar refractivity (Wildman–Crippen MR) is 109 cm³/mol. The van der Waals surface area contributed by atoms with Gasteiger partial charge < -0.3 is 9.47 Å². The van der Waals surface area contributed by atoms with Crippen molar-refractivity contribution in [2.24, 2.45) is 23.7 Å². The van der Waals surface area contributed by atoms with E-state index >= 15 is 0 Å². The third-order valence-corrected chi connectivity index (χ3v) is 6.72. The molecule has 0 aromatic heterocycles. The normalized spacial score (nSPS) is 33.1. The Morgan fingerprint density at radius 3 is 1.21 bits per heavy atom. The summed E-state index contributed by atoms with van der Waals surface area (Å²) in [6.45, 7) is 8.61. The van der Waals surface area contributed by atoms with Gasteiger partial charge in [-0.1, -0.05) is 40.5 Å². The summed E-state index contributed by atoms with van der Waals surface area (Å²) < 4.78 is 11.6. The first-order chi connectivity index (χ1) is 13.4. The van der Waals surface area contributed by atoms with Crippen LogP contribution in [0.4, 0.5) is 0 Å². The van der Waals surface area contributed by atoms with E-state index < -0.39 is 0 Å². The van der Waals surface area contributed by atoms with E-state index in [1.165, 1.54) is 12.8 Å². The minimum atomic E-state index is -0.306. The number of ether oxygens (including phenoxy) is 2. The van der Waals surface area contributed by atoms with Crippen molar-refractivity contribution in [3.8, 4) is 0 Å². The molecular weight excluding hydrogens is 352 g/mol. The SMILES string of the molecule is CC1CCCC(C)C1OC(=O)c1ccc(C(=O)OC2C(C)CCCC2C)cc1. The molecule has 2 aliphatic carbocycles. The van der Waals surface area contributed by atoms with Crippen LogP contribution in [0.3, 0.4) is 0 Å². The predicted octanol–water partition coefficient (Wildman–Crippen LogP) is 5.65. The van der Waals surface area contributed by atoms with Crippen LogP contribution in [0.5, 0.6) is 0 Å². The topological polar surface area (TPSA) is 52.6 Å². The lowest BCUT2D eigenvalue weighted by molar-refractivity contribution is -0.0171.